The van der Waals surface area contributed by atoms with Gasteiger partial charge in [0.05, 0.1) is 10.7 Å². The molecule has 0 bridgehead atoms. The molecule has 0 amide bonds. The van der Waals surface area contributed by atoms with Crippen LogP contribution in [0.15, 0.2) is 53.1 Å². The molecule has 20 heavy (non-hydrogen) atoms. The lowest BCUT2D eigenvalue weighted by Gasteiger charge is -2.08. The highest BCUT2D eigenvalue weighted by Gasteiger charge is 2.07. The highest BCUT2D eigenvalue weighted by Crippen LogP contribution is 2.27. The number of rotatable bonds is 3. The fourth-order valence-electron chi connectivity index (χ4n) is 2.39. The third kappa shape index (κ3) is 2.56. The van der Waals surface area contributed by atoms with Crippen molar-refractivity contribution >= 4 is 44.1 Å². The van der Waals surface area contributed by atoms with E-state index in [1.54, 1.807) is 0 Å². The lowest BCUT2D eigenvalue weighted by atomic mass is 10.2. The molecule has 3 aromatic rings. The minimum Gasteiger partial charge on any atom is -0.380 e. The van der Waals surface area contributed by atoms with Crippen molar-refractivity contribution in [1.82, 2.24) is 4.57 Å². The Labute approximate surface area is 131 Å². The second kappa shape index (κ2) is 5.51. The van der Waals surface area contributed by atoms with Crippen molar-refractivity contribution in [2.75, 3.05) is 5.32 Å². The molecule has 1 N–H and O–H groups in total. The van der Waals surface area contributed by atoms with Crippen LogP contribution in [0.5, 0.6) is 0 Å². The second-order valence-electron chi connectivity index (χ2n) is 4.76. The Morgan fingerprint density at radius 1 is 1.20 bits per heavy atom. The summed E-state index contributed by atoms with van der Waals surface area (Å²) in [5, 5.41) is 5.40. The summed E-state index contributed by atoms with van der Waals surface area (Å²) >= 11 is 9.66. The van der Waals surface area contributed by atoms with Gasteiger partial charge in [-0.15, -0.1) is 0 Å². The molecule has 0 saturated carbocycles. The van der Waals surface area contributed by atoms with Crippen molar-refractivity contribution in [3.05, 3.63) is 63.7 Å². The zero-order valence-electron chi connectivity index (χ0n) is 11.0. The number of halogens is 2. The molecule has 1 heterocycles. The summed E-state index contributed by atoms with van der Waals surface area (Å²) in [7, 11) is 2.07. The van der Waals surface area contributed by atoms with E-state index in [0.29, 0.717) is 0 Å². The molecule has 0 radical (unpaired) electrons. The normalized spacial score (nSPS) is 10.9. The van der Waals surface area contributed by atoms with Gasteiger partial charge in [-0.1, -0.05) is 45.7 Å². The van der Waals surface area contributed by atoms with Gasteiger partial charge in [0, 0.05) is 35.2 Å². The van der Waals surface area contributed by atoms with E-state index < -0.39 is 0 Å². The second-order valence-corrected chi connectivity index (χ2v) is 6.08. The van der Waals surface area contributed by atoms with Crippen LogP contribution in [-0.2, 0) is 13.6 Å². The molecule has 0 spiro atoms. The number of para-hydroxylation sites is 1. The van der Waals surface area contributed by atoms with Crippen molar-refractivity contribution in [3.8, 4) is 0 Å². The fraction of sp³-hybridized carbons (Fsp3) is 0.125. The van der Waals surface area contributed by atoms with Crippen LogP contribution in [0, 0.1) is 0 Å². The van der Waals surface area contributed by atoms with Gasteiger partial charge in [-0.2, -0.15) is 0 Å². The Hall–Kier alpha value is -1.45. The van der Waals surface area contributed by atoms with E-state index in [1.165, 1.54) is 16.5 Å². The number of benzene rings is 2. The van der Waals surface area contributed by atoms with E-state index in [-0.39, 0.29) is 0 Å². The van der Waals surface area contributed by atoms with E-state index in [0.717, 1.165) is 21.7 Å². The third-order valence-corrected chi connectivity index (χ3v) is 4.20. The van der Waals surface area contributed by atoms with Gasteiger partial charge in [0.15, 0.2) is 0 Å². The fourth-order valence-corrected chi connectivity index (χ4v) is 2.94. The summed E-state index contributed by atoms with van der Waals surface area (Å²) < 4.78 is 3.16. The molecule has 1 aromatic heterocycles. The van der Waals surface area contributed by atoms with Crippen molar-refractivity contribution in [2.24, 2.45) is 7.05 Å². The number of fused-ring (bicyclic) bond motifs is 1. The largest absolute Gasteiger partial charge is 0.380 e. The van der Waals surface area contributed by atoms with Crippen molar-refractivity contribution in [1.29, 1.82) is 0 Å². The van der Waals surface area contributed by atoms with E-state index in [9.17, 15) is 0 Å². The van der Waals surface area contributed by atoms with Crippen LogP contribution in [0.25, 0.3) is 10.9 Å². The van der Waals surface area contributed by atoms with Crippen LogP contribution in [-0.4, -0.2) is 4.57 Å². The average molecular weight is 350 g/mol. The van der Waals surface area contributed by atoms with E-state index >= 15 is 0 Å². The molecule has 2 nitrogen and oxygen atoms in total. The van der Waals surface area contributed by atoms with Gasteiger partial charge >= 0.3 is 0 Å². The topological polar surface area (TPSA) is 17.0 Å². The smallest absolute Gasteiger partial charge is 0.0638 e. The van der Waals surface area contributed by atoms with E-state index in [4.69, 9.17) is 11.6 Å². The first-order valence-electron chi connectivity index (χ1n) is 6.37. The summed E-state index contributed by atoms with van der Waals surface area (Å²) in [6.07, 6.45) is 2.16. The quantitative estimate of drug-likeness (QED) is 0.687. The number of aryl methyl sites for hydroxylation is 1. The maximum absolute atomic E-state index is 6.20. The molecule has 3 rings (SSSR count). The summed E-state index contributed by atoms with van der Waals surface area (Å²) in [6.45, 7) is 0.748. The minimum atomic E-state index is 0.730. The Bertz CT molecular complexity index is 764. The number of hydrogen-bond donors (Lipinski definition) is 1. The Balaban J connectivity index is 1.89. The van der Waals surface area contributed by atoms with Gasteiger partial charge in [0.2, 0.25) is 0 Å². The van der Waals surface area contributed by atoms with Gasteiger partial charge in [-0.3, -0.25) is 0 Å². The van der Waals surface area contributed by atoms with Gasteiger partial charge in [0.1, 0.15) is 0 Å². The molecule has 0 fully saturated rings. The Morgan fingerprint density at radius 3 is 2.85 bits per heavy atom. The summed E-state index contributed by atoms with van der Waals surface area (Å²) in [5.74, 6) is 0. The molecule has 0 unspecified atom stereocenters. The van der Waals surface area contributed by atoms with Crippen LogP contribution in [0.2, 0.25) is 5.02 Å². The maximum atomic E-state index is 6.20. The van der Waals surface area contributed by atoms with Gasteiger partial charge in [-0.05, 0) is 29.8 Å². The molecule has 0 atom stereocenters. The SMILES string of the molecule is Cn1cc(CNc2cc(Br)ccc2Cl)c2ccccc21. The monoisotopic (exact) mass is 348 g/mol. The predicted molar refractivity (Wildman–Crippen MR) is 89.4 cm³/mol. The Morgan fingerprint density at radius 2 is 2.00 bits per heavy atom. The number of anilines is 1. The van der Waals surface area contributed by atoms with E-state index in [1.807, 2.05) is 18.2 Å². The molecular formula is C16H14BrClN2. The highest BCUT2D eigenvalue weighted by atomic mass is 79.9. The molecule has 0 aliphatic heterocycles. The minimum absolute atomic E-state index is 0.730. The van der Waals surface area contributed by atoms with Crippen molar-refractivity contribution in [3.63, 3.8) is 0 Å². The predicted octanol–water partition coefficient (Wildman–Crippen LogP) is 5.21. The molecule has 0 aliphatic rings. The standard InChI is InChI=1S/C16H14BrClN2/c1-20-10-11(13-4-2-3-5-16(13)20)9-19-15-8-12(17)6-7-14(15)18/h2-8,10,19H,9H2,1H3. The molecule has 0 aliphatic carbocycles. The van der Waals surface area contributed by atoms with Crippen LogP contribution in [0.1, 0.15) is 5.56 Å². The lowest BCUT2D eigenvalue weighted by molar-refractivity contribution is 0.956. The summed E-state index contributed by atoms with van der Waals surface area (Å²) in [5.41, 5.74) is 3.44. The van der Waals surface area contributed by atoms with Crippen LogP contribution in [0.4, 0.5) is 5.69 Å². The molecular weight excluding hydrogens is 336 g/mol. The van der Waals surface area contributed by atoms with Crippen LogP contribution >= 0.6 is 27.5 Å². The maximum Gasteiger partial charge on any atom is 0.0638 e. The van der Waals surface area contributed by atoms with Gasteiger partial charge in [-0.25, -0.2) is 0 Å². The number of hydrogen-bond acceptors (Lipinski definition) is 1. The van der Waals surface area contributed by atoms with Crippen LogP contribution in [0.3, 0.4) is 0 Å². The Kier molecular flexibility index (Phi) is 3.72. The van der Waals surface area contributed by atoms with Gasteiger partial charge < -0.3 is 9.88 Å². The van der Waals surface area contributed by atoms with Gasteiger partial charge in [0.25, 0.3) is 0 Å². The molecule has 0 saturated heterocycles. The van der Waals surface area contributed by atoms with Crippen molar-refractivity contribution < 1.29 is 0 Å². The molecule has 102 valence electrons. The van der Waals surface area contributed by atoms with Crippen molar-refractivity contribution in [2.45, 2.75) is 6.54 Å². The number of aromatic nitrogens is 1. The summed E-state index contributed by atoms with van der Waals surface area (Å²) in [6, 6.07) is 14.2. The molecule has 2 aromatic carbocycles. The first kappa shape index (κ1) is 13.5. The zero-order chi connectivity index (χ0) is 14.1. The lowest BCUT2D eigenvalue weighted by Crippen LogP contribution is -1.99. The summed E-state index contributed by atoms with van der Waals surface area (Å²) in [4.78, 5) is 0. The molecule has 4 heteroatoms. The highest BCUT2D eigenvalue weighted by molar-refractivity contribution is 9.10. The average Bonchev–Trinajstić information content (AvgIpc) is 2.77. The third-order valence-electron chi connectivity index (χ3n) is 3.38. The zero-order valence-corrected chi connectivity index (χ0v) is 13.4. The number of nitrogens with one attached hydrogen (secondary N) is 1. The first-order chi connectivity index (χ1) is 9.65. The number of nitrogens with zero attached hydrogens (tertiary/aromatic N) is 1. The van der Waals surface area contributed by atoms with Crippen LogP contribution < -0.4 is 5.32 Å². The van der Waals surface area contributed by atoms with E-state index in [2.05, 4.69) is 63.3 Å². The first-order valence-corrected chi connectivity index (χ1v) is 7.54.